The van der Waals surface area contributed by atoms with E-state index in [0.29, 0.717) is 0 Å². The Kier molecular flexibility index (Phi) is 5.74. The fraction of sp³-hybridized carbons (Fsp3) is 0.353. The van der Waals surface area contributed by atoms with Gasteiger partial charge in [0.25, 0.3) is 0 Å². The molecule has 1 aromatic carbocycles. The van der Waals surface area contributed by atoms with Gasteiger partial charge in [-0.25, -0.2) is 0 Å². The van der Waals surface area contributed by atoms with E-state index in [1.54, 1.807) is 0 Å². The third-order valence-electron chi connectivity index (χ3n) is 3.72. The van der Waals surface area contributed by atoms with Gasteiger partial charge in [-0.1, -0.05) is 42.8 Å². The molecule has 21 heavy (non-hydrogen) atoms. The van der Waals surface area contributed by atoms with Gasteiger partial charge < -0.3 is 5.73 Å². The van der Waals surface area contributed by atoms with Crippen LogP contribution in [0.15, 0.2) is 48.7 Å². The van der Waals surface area contributed by atoms with Crippen molar-refractivity contribution in [3.8, 4) is 0 Å². The zero-order valence-corrected chi connectivity index (χ0v) is 13.3. The van der Waals surface area contributed by atoms with E-state index < -0.39 is 0 Å². The molecular formula is C17H22ClN3. The molecule has 2 atom stereocenters. The quantitative estimate of drug-likeness (QED) is 0.886. The number of likely N-dealkylation sites (N-methyl/N-ethyl adjacent to an activating group) is 1. The molecule has 0 spiro atoms. The van der Waals surface area contributed by atoms with E-state index in [0.717, 1.165) is 29.2 Å². The third kappa shape index (κ3) is 4.03. The van der Waals surface area contributed by atoms with Crippen molar-refractivity contribution in [1.82, 2.24) is 9.88 Å². The van der Waals surface area contributed by atoms with Crippen molar-refractivity contribution in [1.29, 1.82) is 0 Å². The van der Waals surface area contributed by atoms with Crippen molar-refractivity contribution in [2.24, 2.45) is 5.73 Å². The molecule has 2 aromatic rings. The van der Waals surface area contributed by atoms with Crippen molar-refractivity contribution < 1.29 is 0 Å². The smallest absolute Gasteiger partial charge is 0.0674 e. The van der Waals surface area contributed by atoms with Gasteiger partial charge in [0.05, 0.1) is 11.7 Å². The largest absolute Gasteiger partial charge is 0.326 e. The second-order valence-corrected chi connectivity index (χ2v) is 5.69. The molecule has 4 heteroatoms. The summed E-state index contributed by atoms with van der Waals surface area (Å²) in [5.74, 6) is 0. The van der Waals surface area contributed by atoms with Crippen molar-refractivity contribution in [2.45, 2.75) is 32.0 Å². The number of halogens is 1. The Morgan fingerprint density at radius 2 is 1.90 bits per heavy atom. The van der Waals surface area contributed by atoms with Crippen LogP contribution >= 0.6 is 11.6 Å². The highest BCUT2D eigenvalue weighted by atomic mass is 35.5. The highest BCUT2D eigenvalue weighted by Crippen LogP contribution is 2.25. The van der Waals surface area contributed by atoms with Crippen LogP contribution in [0.25, 0.3) is 0 Å². The minimum atomic E-state index is 0.0346. The van der Waals surface area contributed by atoms with E-state index >= 15 is 0 Å². The lowest BCUT2D eigenvalue weighted by Gasteiger charge is -2.32. The van der Waals surface area contributed by atoms with Crippen LogP contribution in [-0.2, 0) is 6.54 Å². The fourth-order valence-corrected chi connectivity index (χ4v) is 2.74. The molecule has 0 fully saturated rings. The Bertz CT molecular complexity index is 559. The zero-order chi connectivity index (χ0) is 15.2. The van der Waals surface area contributed by atoms with Crippen LogP contribution < -0.4 is 5.73 Å². The van der Waals surface area contributed by atoms with Crippen molar-refractivity contribution >= 4 is 11.6 Å². The second-order valence-electron chi connectivity index (χ2n) is 5.28. The molecule has 0 aliphatic carbocycles. The van der Waals surface area contributed by atoms with Crippen molar-refractivity contribution in [3.05, 3.63) is 64.9 Å². The number of nitrogens with two attached hydrogens (primary N) is 1. The molecule has 2 rings (SSSR count). The van der Waals surface area contributed by atoms with Gasteiger partial charge >= 0.3 is 0 Å². The van der Waals surface area contributed by atoms with E-state index in [1.165, 1.54) is 0 Å². The Labute approximate surface area is 131 Å². The number of hydrogen-bond acceptors (Lipinski definition) is 3. The first-order chi connectivity index (χ1) is 10.1. The first kappa shape index (κ1) is 16.0. The minimum Gasteiger partial charge on any atom is -0.326 e. The standard InChI is InChI=1S/C17H22ClN3/c1-3-15(19)17(16-10-6-7-11-20-16)21(2)12-13-8-4-5-9-14(13)18/h4-11,15,17H,3,12,19H2,1-2H3. The Balaban J connectivity index is 2.23. The maximum atomic E-state index is 6.33. The molecule has 0 saturated heterocycles. The molecule has 3 nitrogen and oxygen atoms in total. The van der Waals surface area contributed by atoms with Gasteiger partial charge in [0.15, 0.2) is 0 Å². The van der Waals surface area contributed by atoms with Crippen LogP contribution in [0.2, 0.25) is 5.02 Å². The average Bonchev–Trinajstić information content (AvgIpc) is 2.50. The topological polar surface area (TPSA) is 42.1 Å². The van der Waals surface area contributed by atoms with Gasteiger partial charge in [0.1, 0.15) is 0 Å². The van der Waals surface area contributed by atoms with Crippen LogP contribution in [0, 0.1) is 0 Å². The van der Waals surface area contributed by atoms with Crippen molar-refractivity contribution in [3.63, 3.8) is 0 Å². The number of pyridine rings is 1. The molecule has 1 heterocycles. The minimum absolute atomic E-state index is 0.0346. The second kappa shape index (κ2) is 7.55. The van der Waals surface area contributed by atoms with Crippen LogP contribution in [-0.4, -0.2) is 23.0 Å². The molecule has 0 aliphatic heterocycles. The predicted molar refractivity (Wildman–Crippen MR) is 88.2 cm³/mol. The summed E-state index contributed by atoms with van der Waals surface area (Å²) in [7, 11) is 2.07. The Morgan fingerprint density at radius 3 is 2.52 bits per heavy atom. The molecule has 1 aromatic heterocycles. The highest BCUT2D eigenvalue weighted by molar-refractivity contribution is 6.31. The van der Waals surface area contributed by atoms with Crippen LogP contribution in [0.3, 0.4) is 0 Å². The zero-order valence-electron chi connectivity index (χ0n) is 12.5. The molecule has 0 amide bonds. The normalized spacial score (nSPS) is 14.1. The van der Waals surface area contributed by atoms with Crippen LogP contribution in [0.1, 0.15) is 30.6 Å². The van der Waals surface area contributed by atoms with Gasteiger partial charge in [-0.3, -0.25) is 9.88 Å². The van der Waals surface area contributed by atoms with E-state index in [9.17, 15) is 0 Å². The highest BCUT2D eigenvalue weighted by Gasteiger charge is 2.24. The first-order valence-electron chi connectivity index (χ1n) is 7.23. The van der Waals surface area contributed by atoms with Gasteiger partial charge in [0.2, 0.25) is 0 Å². The van der Waals surface area contributed by atoms with Crippen molar-refractivity contribution in [2.75, 3.05) is 7.05 Å². The SMILES string of the molecule is CCC(N)C(c1ccccn1)N(C)Cc1ccccc1Cl. The van der Waals surface area contributed by atoms with Gasteiger partial charge in [-0.15, -0.1) is 0 Å². The van der Waals surface area contributed by atoms with E-state index in [-0.39, 0.29) is 12.1 Å². The maximum absolute atomic E-state index is 6.33. The summed E-state index contributed by atoms with van der Waals surface area (Å²) in [6.07, 6.45) is 2.71. The molecular weight excluding hydrogens is 282 g/mol. The lowest BCUT2D eigenvalue weighted by atomic mass is 10.0. The maximum Gasteiger partial charge on any atom is 0.0674 e. The molecule has 0 aliphatic rings. The third-order valence-corrected chi connectivity index (χ3v) is 4.09. The number of rotatable bonds is 6. The molecule has 2 unspecified atom stereocenters. The van der Waals surface area contributed by atoms with Crippen LogP contribution in [0.4, 0.5) is 0 Å². The summed E-state index contributed by atoms with van der Waals surface area (Å²) in [6, 6.07) is 14.0. The summed E-state index contributed by atoms with van der Waals surface area (Å²) in [6.45, 7) is 2.85. The monoisotopic (exact) mass is 303 g/mol. The molecule has 2 N–H and O–H groups in total. The molecule has 0 bridgehead atoms. The summed E-state index contributed by atoms with van der Waals surface area (Å²) in [5, 5.41) is 0.786. The van der Waals surface area contributed by atoms with E-state index in [4.69, 9.17) is 17.3 Å². The number of hydrogen-bond donors (Lipinski definition) is 1. The lowest BCUT2D eigenvalue weighted by Crippen LogP contribution is -2.39. The molecule has 0 saturated carbocycles. The van der Waals surface area contributed by atoms with E-state index in [2.05, 4.69) is 23.9 Å². The van der Waals surface area contributed by atoms with E-state index in [1.807, 2.05) is 48.7 Å². The summed E-state index contributed by atoms with van der Waals surface area (Å²) >= 11 is 6.26. The first-order valence-corrected chi connectivity index (χ1v) is 7.61. The summed E-state index contributed by atoms with van der Waals surface area (Å²) in [5.41, 5.74) is 8.43. The van der Waals surface area contributed by atoms with Crippen LogP contribution in [0.5, 0.6) is 0 Å². The molecule has 0 radical (unpaired) electrons. The van der Waals surface area contributed by atoms with Gasteiger partial charge in [-0.2, -0.15) is 0 Å². The fourth-order valence-electron chi connectivity index (χ4n) is 2.54. The predicted octanol–water partition coefficient (Wildman–Crippen LogP) is 3.65. The molecule has 112 valence electrons. The van der Waals surface area contributed by atoms with Gasteiger partial charge in [-0.05, 0) is 37.2 Å². The summed E-state index contributed by atoms with van der Waals surface area (Å²) < 4.78 is 0. The summed E-state index contributed by atoms with van der Waals surface area (Å²) in [4.78, 5) is 6.70. The number of benzene rings is 1. The number of aromatic nitrogens is 1. The Hall–Kier alpha value is -1.42. The van der Waals surface area contributed by atoms with Gasteiger partial charge in [0, 0.05) is 23.8 Å². The number of nitrogens with zero attached hydrogens (tertiary/aromatic N) is 2. The Morgan fingerprint density at radius 1 is 1.19 bits per heavy atom. The average molecular weight is 304 g/mol. The lowest BCUT2D eigenvalue weighted by molar-refractivity contribution is 0.197.